The maximum atomic E-state index is 11.9. The van der Waals surface area contributed by atoms with Gasteiger partial charge in [-0.25, -0.2) is 15.0 Å². The number of hydrogen-bond donors (Lipinski definition) is 1. The monoisotopic (exact) mass is 245 g/mol. The average Bonchev–Trinajstić information content (AvgIpc) is 2.22. The summed E-state index contributed by atoms with van der Waals surface area (Å²) in [5.41, 5.74) is 7.04. The predicted molar refractivity (Wildman–Crippen MR) is 68.3 cm³/mol. The summed E-state index contributed by atoms with van der Waals surface area (Å²) in [6.07, 6.45) is 0. The minimum Gasteiger partial charge on any atom is -0.384 e. The summed E-state index contributed by atoms with van der Waals surface area (Å²) in [5, 5.41) is 0. The van der Waals surface area contributed by atoms with Crippen LogP contribution in [0, 0.1) is 20.8 Å². The Balaban J connectivity index is 2.43. The second-order valence-corrected chi connectivity index (χ2v) is 4.22. The van der Waals surface area contributed by atoms with Crippen molar-refractivity contribution >= 4 is 5.82 Å². The van der Waals surface area contributed by atoms with Crippen LogP contribution in [0.2, 0.25) is 0 Å². The number of nitrogens with two attached hydrogens (primary N) is 1. The van der Waals surface area contributed by atoms with Crippen LogP contribution < -0.4 is 11.3 Å². The van der Waals surface area contributed by atoms with Crippen LogP contribution in [0.5, 0.6) is 0 Å². The molecule has 6 heteroatoms. The second kappa shape index (κ2) is 4.56. The van der Waals surface area contributed by atoms with Crippen LogP contribution in [0.4, 0.5) is 5.82 Å². The van der Waals surface area contributed by atoms with Crippen LogP contribution in [-0.4, -0.2) is 19.5 Å². The van der Waals surface area contributed by atoms with Crippen LogP contribution in [0.1, 0.15) is 23.0 Å². The summed E-state index contributed by atoms with van der Waals surface area (Å²) in [7, 11) is 0. The smallest absolute Gasteiger partial charge is 0.254 e. The fourth-order valence-corrected chi connectivity index (χ4v) is 1.82. The Labute approximate surface area is 105 Å². The Bertz CT molecular complexity index is 627. The standard InChI is InChI=1S/C12H15N5O/c1-7-4-10(13)16-11(15-7)6-17-9(3)14-8(2)5-12(17)18/h4-5H,6H2,1-3H3,(H2,13,15,16). The molecule has 2 rings (SSSR count). The topological polar surface area (TPSA) is 86.7 Å². The van der Waals surface area contributed by atoms with E-state index in [0.29, 0.717) is 23.2 Å². The van der Waals surface area contributed by atoms with E-state index in [1.807, 2.05) is 6.92 Å². The highest BCUT2D eigenvalue weighted by Crippen LogP contribution is 2.04. The zero-order valence-corrected chi connectivity index (χ0v) is 10.6. The Hall–Kier alpha value is -2.24. The first-order valence-electron chi connectivity index (χ1n) is 5.61. The zero-order chi connectivity index (χ0) is 13.3. The molecule has 0 aromatic carbocycles. The van der Waals surface area contributed by atoms with E-state index in [9.17, 15) is 4.79 Å². The number of anilines is 1. The van der Waals surface area contributed by atoms with Crippen molar-refractivity contribution in [3.8, 4) is 0 Å². The number of aryl methyl sites for hydroxylation is 3. The summed E-state index contributed by atoms with van der Waals surface area (Å²) in [6, 6.07) is 3.18. The number of hydrogen-bond acceptors (Lipinski definition) is 5. The highest BCUT2D eigenvalue weighted by atomic mass is 16.1. The molecule has 2 N–H and O–H groups in total. The van der Waals surface area contributed by atoms with Gasteiger partial charge in [-0.3, -0.25) is 9.36 Å². The molecule has 0 atom stereocenters. The molecule has 0 bridgehead atoms. The molecular weight excluding hydrogens is 230 g/mol. The van der Waals surface area contributed by atoms with Crippen molar-refractivity contribution in [2.45, 2.75) is 27.3 Å². The van der Waals surface area contributed by atoms with E-state index in [0.717, 1.165) is 5.69 Å². The maximum Gasteiger partial charge on any atom is 0.254 e. The highest BCUT2D eigenvalue weighted by Gasteiger charge is 2.07. The third-order valence-electron chi connectivity index (χ3n) is 2.55. The molecule has 0 fully saturated rings. The first-order valence-corrected chi connectivity index (χ1v) is 5.61. The van der Waals surface area contributed by atoms with Gasteiger partial charge in [0.1, 0.15) is 11.6 Å². The van der Waals surface area contributed by atoms with Crippen LogP contribution in [0.3, 0.4) is 0 Å². The van der Waals surface area contributed by atoms with Crippen LogP contribution in [-0.2, 0) is 6.54 Å². The van der Waals surface area contributed by atoms with Crippen LogP contribution in [0.15, 0.2) is 16.9 Å². The summed E-state index contributed by atoms with van der Waals surface area (Å²) >= 11 is 0. The minimum atomic E-state index is -0.108. The van der Waals surface area contributed by atoms with Crippen molar-refractivity contribution in [3.63, 3.8) is 0 Å². The largest absolute Gasteiger partial charge is 0.384 e. The molecule has 0 amide bonds. The molecule has 2 aromatic rings. The van der Waals surface area contributed by atoms with Crippen molar-refractivity contribution in [2.75, 3.05) is 5.73 Å². The van der Waals surface area contributed by atoms with E-state index < -0.39 is 0 Å². The van der Waals surface area contributed by atoms with Crippen molar-refractivity contribution < 1.29 is 0 Å². The molecule has 0 saturated carbocycles. The Kier molecular flexibility index (Phi) is 3.10. The fraction of sp³-hybridized carbons (Fsp3) is 0.333. The van der Waals surface area contributed by atoms with Gasteiger partial charge in [-0.05, 0) is 20.8 Å². The molecular formula is C12H15N5O. The van der Waals surface area contributed by atoms with Gasteiger partial charge >= 0.3 is 0 Å². The van der Waals surface area contributed by atoms with E-state index in [-0.39, 0.29) is 12.1 Å². The van der Waals surface area contributed by atoms with Crippen molar-refractivity contribution in [1.29, 1.82) is 0 Å². The molecule has 0 aliphatic carbocycles. The van der Waals surface area contributed by atoms with Gasteiger partial charge in [0.25, 0.3) is 5.56 Å². The number of rotatable bonds is 2. The van der Waals surface area contributed by atoms with Gasteiger partial charge in [-0.15, -0.1) is 0 Å². The molecule has 0 saturated heterocycles. The second-order valence-electron chi connectivity index (χ2n) is 4.22. The predicted octanol–water partition coefficient (Wildman–Crippen LogP) is 0.589. The minimum absolute atomic E-state index is 0.108. The molecule has 0 aliphatic heterocycles. The lowest BCUT2D eigenvalue weighted by Crippen LogP contribution is -2.25. The van der Waals surface area contributed by atoms with Gasteiger partial charge in [0.2, 0.25) is 0 Å². The Morgan fingerprint density at radius 1 is 1.11 bits per heavy atom. The van der Waals surface area contributed by atoms with Gasteiger partial charge in [-0.2, -0.15) is 0 Å². The number of nitrogen functional groups attached to an aromatic ring is 1. The van der Waals surface area contributed by atoms with Gasteiger partial charge in [0.05, 0.1) is 6.54 Å². The third kappa shape index (κ3) is 2.53. The van der Waals surface area contributed by atoms with Crippen LogP contribution >= 0.6 is 0 Å². The lowest BCUT2D eigenvalue weighted by Gasteiger charge is -2.09. The Morgan fingerprint density at radius 3 is 2.39 bits per heavy atom. The van der Waals surface area contributed by atoms with E-state index in [1.54, 1.807) is 19.9 Å². The lowest BCUT2D eigenvalue weighted by atomic mass is 10.4. The SMILES string of the molecule is Cc1cc(N)nc(Cn2c(C)nc(C)cc2=O)n1. The van der Waals surface area contributed by atoms with E-state index in [4.69, 9.17) is 5.73 Å². The summed E-state index contributed by atoms with van der Waals surface area (Å²) in [4.78, 5) is 24.5. The number of aromatic nitrogens is 4. The van der Waals surface area contributed by atoms with E-state index in [1.165, 1.54) is 10.6 Å². The average molecular weight is 245 g/mol. The quantitative estimate of drug-likeness (QED) is 0.836. The maximum absolute atomic E-state index is 11.9. The molecule has 0 unspecified atom stereocenters. The molecule has 94 valence electrons. The Morgan fingerprint density at radius 2 is 1.78 bits per heavy atom. The van der Waals surface area contributed by atoms with Gasteiger partial charge < -0.3 is 5.73 Å². The zero-order valence-electron chi connectivity index (χ0n) is 10.6. The van der Waals surface area contributed by atoms with E-state index in [2.05, 4.69) is 15.0 Å². The van der Waals surface area contributed by atoms with Crippen molar-refractivity contribution in [3.05, 3.63) is 45.5 Å². The molecule has 2 heterocycles. The first-order chi connectivity index (χ1) is 8.45. The molecule has 18 heavy (non-hydrogen) atoms. The summed E-state index contributed by atoms with van der Waals surface area (Å²) in [5.74, 6) is 1.57. The highest BCUT2D eigenvalue weighted by molar-refractivity contribution is 5.29. The normalized spacial score (nSPS) is 10.6. The number of nitrogens with zero attached hydrogens (tertiary/aromatic N) is 4. The molecule has 0 radical (unpaired) electrons. The van der Waals surface area contributed by atoms with Crippen molar-refractivity contribution in [2.24, 2.45) is 0 Å². The molecule has 6 nitrogen and oxygen atoms in total. The van der Waals surface area contributed by atoms with Gasteiger partial charge in [-0.1, -0.05) is 0 Å². The summed E-state index contributed by atoms with van der Waals surface area (Å²) in [6.45, 7) is 5.70. The molecule has 0 spiro atoms. The third-order valence-corrected chi connectivity index (χ3v) is 2.55. The fourth-order valence-electron chi connectivity index (χ4n) is 1.82. The lowest BCUT2D eigenvalue weighted by molar-refractivity contribution is 0.663. The van der Waals surface area contributed by atoms with Crippen LogP contribution in [0.25, 0.3) is 0 Å². The van der Waals surface area contributed by atoms with Crippen molar-refractivity contribution in [1.82, 2.24) is 19.5 Å². The van der Waals surface area contributed by atoms with Gasteiger partial charge in [0, 0.05) is 23.5 Å². The van der Waals surface area contributed by atoms with E-state index >= 15 is 0 Å². The molecule has 0 aliphatic rings. The molecule has 2 aromatic heterocycles. The van der Waals surface area contributed by atoms with Gasteiger partial charge in [0.15, 0.2) is 5.82 Å². The first kappa shape index (κ1) is 12.2. The summed E-state index contributed by atoms with van der Waals surface area (Å²) < 4.78 is 1.53.